The van der Waals surface area contributed by atoms with Gasteiger partial charge in [-0.2, -0.15) is 0 Å². The number of nitrogens with two attached hydrogens (primary N) is 1. The summed E-state index contributed by atoms with van der Waals surface area (Å²) in [4.78, 5) is 8.29. The highest BCUT2D eigenvalue weighted by Gasteiger charge is 2.05. The number of hydrazine groups is 1. The van der Waals surface area contributed by atoms with Crippen molar-refractivity contribution < 1.29 is 8.78 Å². The maximum absolute atomic E-state index is 13.3. The summed E-state index contributed by atoms with van der Waals surface area (Å²) < 4.78 is 26.3. The number of nitrogen functional groups attached to an aromatic ring is 1. The smallest absolute Gasteiger partial charge is 0.158 e. The molecule has 3 N–H and O–H groups in total. The van der Waals surface area contributed by atoms with Gasteiger partial charge in [0.25, 0.3) is 0 Å². The van der Waals surface area contributed by atoms with Crippen LogP contribution in [0.2, 0.25) is 0 Å². The van der Waals surface area contributed by atoms with Crippen LogP contribution in [-0.4, -0.2) is 9.97 Å². The topological polar surface area (TPSA) is 63.8 Å². The van der Waals surface area contributed by atoms with Crippen LogP contribution in [0.5, 0.6) is 0 Å². The van der Waals surface area contributed by atoms with E-state index in [0.717, 1.165) is 30.0 Å². The van der Waals surface area contributed by atoms with Crippen molar-refractivity contribution in [2.24, 2.45) is 5.84 Å². The van der Waals surface area contributed by atoms with Crippen LogP contribution in [0.4, 0.5) is 14.6 Å². The van der Waals surface area contributed by atoms with Gasteiger partial charge < -0.3 is 5.43 Å². The second kappa shape index (κ2) is 5.74. The highest BCUT2D eigenvalue weighted by atomic mass is 32.2. The molecule has 4 nitrogen and oxygen atoms in total. The van der Waals surface area contributed by atoms with Crippen molar-refractivity contribution >= 4 is 17.6 Å². The van der Waals surface area contributed by atoms with Crippen molar-refractivity contribution in [3.8, 4) is 0 Å². The first kappa shape index (κ1) is 12.7. The molecule has 0 unspecified atom stereocenters. The van der Waals surface area contributed by atoms with Crippen LogP contribution in [0.3, 0.4) is 0 Å². The lowest BCUT2D eigenvalue weighted by Gasteiger charge is -2.04. The van der Waals surface area contributed by atoms with Crippen molar-refractivity contribution in [3.63, 3.8) is 0 Å². The van der Waals surface area contributed by atoms with Gasteiger partial charge in [-0.05, 0) is 18.2 Å². The first-order valence-electron chi connectivity index (χ1n) is 5.04. The van der Waals surface area contributed by atoms with E-state index < -0.39 is 11.6 Å². The van der Waals surface area contributed by atoms with Crippen LogP contribution in [0.1, 0.15) is 5.69 Å². The summed E-state index contributed by atoms with van der Waals surface area (Å²) in [5.41, 5.74) is 3.01. The standard InChI is InChI=1S/C11H10F2N4S/c12-7-1-2-9(13)10(3-7)18-6-8-4-16-11(17-14)5-15-8/h1-5H,6,14H2,(H,16,17). The second-order valence-electron chi connectivity index (χ2n) is 3.40. The summed E-state index contributed by atoms with van der Waals surface area (Å²) in [5.74, 6) is 5.08. The molecule has 1 aromatic heterocycles. The van der Waals surface area contributed by atoms with Crippen LogP contribution in [-0.2, 0) is 5.75 Å². The van der Waals surface area contributed by atoms with Gasteiger partial charge in [0.1, 0.15) is 11.6 Å². The van der Waals surface area contributed by atoms with Gasteiger partial charge in [-0.1, -0.05) is 0 Å². The van der Waals surface area contributed by atoms with E-state index in [9.17, 15) is 8.78 Å². The van der Waals surface area contributed by atoms with Crippen LogP contribution in [0.25, 0.3) is 0 Å². The highest BCUT2D eigenvalue weighted by Crippen LogP contribution is 2.25. The first-order valence-corrected chi connectivity index (χ1v) is 6.03. The fourth-order valence-electron chi connectivity index (χ4n) is 1.24. The molecule has 0 aliphatic carbocycles. The Bertz CT molecular complexity index is 533. The molecule has 1 heterocycles. The predicted octanol–water partition coefficient (Wildman–Crippen LogP) is 2.33. The van der Waals surface area contributed by atoms with Gasteiger partial charge in [0.2, 0.25) is 0 Å². The Kier molecular flexibility index (Phi) is 4.06. The molecule has 0 aliphatic heterocycles. The quantitative estimate of drug-likeness (QED) is 0.506. The normalized spacial score (nSPS) is 10.4. The molecular weight excluding hydrogens is 258 g/mol. The number of hydrogen-bond donors (Lipinski definition) is 2. The number of aromatic nitrogens is 2. The van der Waals surface area contributed by atoms with Crippen molar-refractivity contribution in [1.29, 1.82) is 0 Å². The van der Waals surface area contributed by atoms with Gasteiger partial charge in [-0.3, -0.25) is 4.98 Å². The molecule has 0 spiro atoms. The van der Waals surface area contributed by atoms with Gasteiger partial charge in [-0.25, -0.2) is 19.6 Å². The van der Waals surface area contributed by atoms with E-state index in [1.54, 1.807) is 0 Å². The van der Waals surface area contributed by atoms with E-state index in [0.29, 0.717) is 17.3 Å². The molecule has 0 saturated carbocycles. The van der Waals surface area contributed by atoms with Crippen LogP contribution >= 0.6 is 11.8 Å². The lowest BCUT2D eigenvalue weighted by atomic mass is 10.3. The van der Waals surface area contributed by atoms with Crippen molar-refractivity contribution in [3.05, 3.63) is 47.9 Å². The van der Waals surface area contributed by atoms with Gasteiger partial charge in [-0.15, -0.1) is 11.8 Å². The minimum Gasteiger partial charge on any atom is -0.307 e. The van der Waals surface area contributed by atoms with E-state index in [2.05, 4.69) is 15.4 Å². The summed E-state index contributed by atoms with van der Waals surface area (Å²) in [7, 11) is 0. The van der Waals surface area contributed by atoms with Crippen LogP contribution < -0.4 is 11.3 Å². The summed E-state index contributed by atoms with van der Waals surface area (Å²) in [5, 5.41) is 0. The molecule has 2 rings (SSSR count). The molecule has 0 amide bonds. The molecule has 0 fully saturated rings. The third kappa shape index (κ3) is 3.14. The number of thioether (sulfide) groups is 1. The molecule has 1 aromatic carbocycles. The SMILES string of the molecule is NNc1cnc(CSc2cc(F)ccc2F)cn1. The number of rotatable bonds is 4. The summed E-state index contributed by atoms with van der Waals surface area (Å²) in [6.07, 6.45) is 3.00. The van der Waals surface area contributed by atoms with Crippen LogP contribution in [0, 0.1) is 11.6 Å². The summed E-state index contributed by atoms with van der Waals surface area (Å²) in [6.45, 7) is 0. The zero-order chi connectivity index (χ0) is 13.0. The number of halogens is 2. The van der Waals surface area contributed by atoms with Gasteiger partial charge >= 0.3 is 0 Å². The zero-order valence-corrected chi connectivity index (χ0v) is 10.0. The predicted molar refractivity (Wildman–Crippen MR) is 65.8 cm³/mol. The maximum atomic E-state index is 13.3. The molecule has 0 aliphatic rings. The largest absolute Gasteiger partial charge is 0.307 e. The summed E-state index contributed by atoms with van der Waals surface area (Å²) >= 11 is 1.16. The van der Waals surface area contributed by atoms with Crippen LogP contribution in [0.15, 0.2) is 35.5 Å². The van der Waals surface area contributed by atoms with E-state index in [4.69, 9.17) is 5.84 Å². The molecule has 0 saturated heterocycles. The Morgan fingerprint density at radius 2 is 2.06 bits per heavy atom. The maximum Gasteiger partial charge on any atom is 0.158 e. The number of hydrogen-bond acceptors (Lipinski definition) is 5. The third-order valence-electron chi connectivity index (χ3n) is 2.12. The van der Waals surface area contributed by atoms with E-state index in [1.807, 2.05) is 0 Å². The number of anilines is 1. The Hall–Kier alpha value is -1.73. The molecule has 2 aromatic rings. The first-order chi connectivity index (χ1) is 8.69. The lowest BCUT2D eigenvalue weighted by molar-refractivity contribution is 0.577. The van der Waals surface area contributed by atoms with Crippen molar-refractivity contribution in [2.75, 3.05) is 5.43 Å². The van der Waals surface area contributed by atoms with Gasteiger partial charge in [0.15, 0.2) is 5.82 Å². The zero-order valence-electron chi connectivity index (χ0n) is 9.23. The molecule has 18 heavy (non-hydrogen) atoms. The number of nitrogens with one attached hydrogen (secondary N) is 1. The highest BCUT2D eigenvalue weighted by molar-refractivity contribution is 7.98. The van der Waals surface area contributed by atoms with Crippen molar-refractivity contribution in [2.45, 2.75) is 10.6 Å². The minimum absolute atomic E-state index is 0.248. The van der Waals surface area contributed by atoms with Gasteiger partial charge in [0.05, 0.1) is 18.1 Å². The number of benzene rings is 1. The lowest BCUT2D eigenvalue weighted by Crippen LogP contribution is -2.08. The molecule has 0 bridgehead atoms. The van der Waals surface area contributed by atoms with E-state index in [-0.39, 0.29) is 4.90 Å². The minimum atomic E-state index is -0.465. The fourth-order valence-corrected chi connectivity index (χ4v) is 2.10. The molecule has 94 valence electrons. The average Bonchev–Trinajstić information content (AvgIpc) is 2.40. The molecular formula is C11H10F2N4S. The van der Waals surface area contributed by atoms with E-state index >= 15 is 0 Å². The molecule has 7 heteroatoms. The molecule has 0 radical (unpaired) electrons. The Morgan fingerprint density at radius 3 is 2.72 bits per heavy atom. The van der Waals surface area contributed by atoms with Gasteiger partial charge in [0, 0.05) is 10.6 Å². The average molecular weight is 268 g/mol. The Morgan fingerprint density at radius 1 is 1.22 bits per heavy atom. The summed E-state index contributed by atoms with van der Waals surface area (Å²) in [6, 6.07) is 3.34. The fraction of sp³-hybridized carbons (Fsp3) is 0.0909. The Balaban J connectivity index is 2.04. The molecule has 0 atom stereocenters. The Labute approximate surface area is 107 Å². The monoisotopic (exact) mass is 268 g/mol. The number of nitrogens with zero attached hydrogens (tertiary/aromatic N) is 2. The van der Waals surface area contributed by atoms with Crippen molar-refractivity contribution in [1.82, 2.24) is 9.97 Å². The second-order valence-corrected chi connectivity index (χ2v) is 4.42. The third-order valence-corrected chi connectivity index (χ3v) is 3.19. The van der Waals surface area contributed by atoms with E-state index in [1.165, 1.54) is 12.4 Å².